The van der Waals surface area contributed by atoms with Gasteiger partial charge >= 0.3 is 0 Å². The summed E-state index contributed by atoms with van der Waals surface area (Å²) in [5.41, 5.74) is 0.0290. The topological polar surface area (TPSA) is 40.6 Å². The van der Waals surface area contributed by atoms with Gasteiger partial charge in [0.1, 0.15) is 5.82 Å². The van der Waals surface area contributed by atoms with Gasteiger partial charge in [-0.05, 0) is 31.0 Å². The van der Waals surface area contributed by atoms with Crippen LogP contribution in [0.3, 0.4) is 0 Å². The molecule has 1 heterocycles. The Morgan fingerprint density at radius 3 is 2.29 bits per heavy atom. The summed E-state index contributed by atoms with van der Waals surface area (Å²) in [5.74, 6) is -0.563. The van der Waals surface area contributed by atoms with Crippen LogP contribution in [0.15, 0.2) is 18.2 Å². The molecule has 1 aromatic rings. The minimum absolute atomic E-state index is 0.0290. The highest BCUT2D eigenvalue weighted by molar-refractivity contribution is 6.30. The fourth-order valence-electron chi connectivity index (χ4n) is 2.55. The lowest BCUT2D eigenvalue weighted by molar-refractivity contribution is -0.134. The molecule has 112 valence electrons. The van der Waals surface area contributed by atoms with Crippen LogP contribution >= 0.6 is 11.6 Å². The van der Waals surface area contributed by atoms with Gasteiger partial charge in [-0.1, -0.05) is 11.6 Å². The van der Waals surface area contributed by atoms with Crippen molar-refractivity contribution in [2.45, 2.75) is 12.8 Å². The highest BCUT2D eigenvalue weighted by atomic mass is 35.5. The molecule has 0 bridgehead atoms. The van der Waals surface area contributed by atoms with Gasteiger partial charge in [0.15, 0.2) is 0 Å². The third kappa shape index (κ3) is 3.02. The van der Waals surface area contributed by atoms with Crippen LogP contribution in [0.25, 0.3) is 0 Å². The van der Waals surface area contributed by atoms with Crippen LogP contribution in [0.4, 0.5) is 4.39 Å². The van der Waals surface area contributed by atoms with Crippen LogP contribution in [0.5, 0.6) is 0 Å². The fraction of sp³-hybridized carbons (Fsp3) is 0.467. The van der Waals surface area contributed by atoms with E-state index in [9.17, 15) is 14.0 Å². The van der Waals surface area contributed by atoms with Crippen molar-refractivity contribution in [3.63, 3.8) is 0 Å². The summed E-state index contributed by atoms with van der Waals surface area (Å²) in [5, 5.41) is 0.267. The number of rotatable bonds is 2. The van der Waals surface area contributed by atoms with E-state index in [1.54, 1.807) is 9.80 Å². The van der Waals surface area contributed by atoms with E-state index in [-0.39, 0.29) is 28.3 Å². The average molecular weight is 311 g/mol. The van der Waals surface area contributed by atoms with E-state index in [1.165, 1.54) is 12.1 Å². The van der Waals surface area contributed by atoms with Gasteiger partial charge in [0.05, 0.1) is 5.56 Å². The van der Waals surface area contributed by atoms with Crippen molar-refractivity contribution in [1.29, 1.82) is 0 Å². The maximum atomic E-state index is 13.8. The number of carbonyl (C=O) groups is 2. The van der Waals surface area contributed by atoms with E-state index in [0.29, 0.717) is 26.2 Å². The zero-order valence-corrected chi connectivity index (χ0v) is 12.3. The van der Waals surface area contributed by atoms with Crippen molar-refractivity contribution >= 4 is 23.4 Å². The lowest BCUT2D eigenvalue weighted by Gasteiger charge is -2.35. The molecular weight excluding hydrogens is 295 g/mol. The molecule has 0 unspecified atom stereocenters. The van der Waals surface area contributed by atoms with Crippen LogP contribution in [-0.4, -0.2) is 47.8 Å². The molecule has 21 heavy (non-hydrogen) atoms. The van der Waals surface area contributed by atoms with Gasteiger partial charge in [-0.2, -0.15) is 0 Å². The molecule has 1 aromatic carbocycles. The van der Waals surface area contributed by atoms with E-state index in [4.69, 9.17) is 11.6 Å². The van der Waals surface area contributed by atoms with Crippen LogP contribution in [0, 0.1) is 11.7 Å². The van der Waals surface area contributed by atoms with Gasteiger partial charge in [0.25, 0.3) is 5.91 Å². The first-order chi connectivity index (χ1) is 10.1. The predicted molar refractivity (Wildman–Crippen MR) is 76.6 cm³/mol. The van der Waals surface area contributed by atoms with E-state index < -0.39 is 5.82 Å². The molecule has 1 aliphatic heterocycles. The van der Waals surface area contributed by atoms with E-state index >= 15 is 0 Å². The number of nitrogens with zero attached hydrogens (tertiary/aromatic N) is 2. The van der Waals surface area contributed by atoms with Crippen LogP contribution < -0.4 is 0 Å². The zero-order chi connectivity index (χ0) is 15.0. The number of halogens is 2. The molecule has 3 rings (SSSR count). The molecule has 4 nitrogen and oxygen atoms in total. The number of hydrogen-bond acceptors (Lipinski definition) is 2. The van der Waals surface area contributed by atoms with Crippen molar-refractivity contribution < 1.29 is 14.0 Å². The summed E-state index contributed by atoms with van der Waals surface area (Å²) in [7, 11) is 0. The van der Waals surface area contributed by atoms with Crippen LogP contribution in [-0.2, 0) is 4.79 Å². The van der Waals surface area contributed by atoms with Crippen LogP contribution in [0.1, 0.15) is 23.2 Å². The second-order valence-corrected chi connectivity index (χ2v) is 5.95. The lowest BCUT2D eigenvalue weighted by atomic mass is 10.1. The molecule has 0 N–H and O–H groups in total. The molecule has 0 spiro atoms. The Morgan fingerprint density at radius 2 is 1.71 bits per heavy atom. The summed E-state index contributed by atoms with van der Waals surface area (Å²) in [6.45, 7) is 1.94. The molecule has 0 aromatic heterocycles. The standard InChI is InChI=1S/C15H16ClFN2O2/c16-11-3-4-12(13(17)9-11)15(21)19-7-5-18(6-8-19)14(20)10-1-2-10/h3-4,9-10H,1-2,5-8H2. The highest BCUT2D eigenvalue weighted by Gasteiger charge is 2.35. The summed E-state index contributed by atoms with van der Waals surface area (Å²) in [6, 6.07) is 4.05. The number of carbonyl (C=O) groups excluding carboxylic acids is 2. The van der Waals surface area contributed by atoms with E-state index in [2.05, 4.69) is 0 Å². The number of amides is 2. The quantitative estimate of drug-likeness (QED) is 0.840. The molecule has 0 atom stereocenters. The SMILES string of the molecule is O=C(c1ccc(Cl)cc1F)N1CCN(C(=O)C2CC2)CC1. The largest absolute Gasteiger partial charge is 0.339 e. The molecule has 1 saturated carbocycles. The monoisotopic (exact) mass is 310 g/mol. The summed E-state index contributed by atoms with van der Waals surface area (Å²) < 4.78 is 13.8. The lowest BCUT2D eigenvalue weighted by Crippen LogP contribution is -2.51. The summed E-state index contributed by atoms with van der Waals surface area (Å²) in [4.78, 5) is 27.6. The van der Waals surface area contributed by atoms with Gasteiger partial charge < -0.3 is 9.80 Å². The molecule has 1 aliphatic carbocycles. The van der Waals surface area contributed by atoms with Gasteiger partial charge in [0.2, 0.25) is 5.91 Å². The first-order valence-electron chi connectivity index (χ1n) is 7.09. The predicted octanol–water partition coefficient (Wildman–Crippen LogP) is 2.17. The van der Waals surface area contributed by atoms with Gasteiger partial charge in [-0.25, -0.2) is 4.39 Å². The summed E-state index contributed by atoms with van der Waals surface area (Å²) in [6.07, 6.45) is 1.96. The van der Waals surface area contributed by atoms with E-state index in [1.807, 2.05) is 0 Å². The molecule has 2 fully saturated rings. The number of hydrogen-bond donors (Lipinski definition) is 0. The molecule has 1 saturated heterocycles. The zero-order valence-electron chi connectivity index (χ0n) is 11.5. The Labute approximate surface area is 127 Å². The fourth-order valence-corrected chi connectivity index (χ4v) is 2.71. The van der Waals surface area contributed by atoms with Gasteiger partial charge in [0, 0.05) is 37.1 Å². The Kier molecular flexibility index (Phi) is 3.85. The normalized spacial score (nSPS) is 18.8. The maximum Gasteiger partial charge on any atom is 0.256 e. The Morgan fingerprint density at radius 1 is 1.10 bits per heavy atom. The number of piperazine rings is 1. The minimum atomic E-state index is -0.607. The third-order valence-electron chi connectivity index (χ3n) is 3.97. The Balaban J connectivity index is 1.63. The van der Waals surface area contributed by atoms with Crippen molar-refractivity contribution in [3.8, 4) is 0 Å². The molecule has 2 amide bonds. The van der Waals surface area contributed by atoms with Crippen molar-refractivity contribution in [3.05, 3.63) is 34.6 Å². The number of benzene rings is 1. The molecule has 2 aliphatic rings. The average Bonchev–Trinajstić information content (AvgIpc) is 3.31. The van der Waals surface area contributed by atoms with Gasteiger partial charge in [-0.15, -0.1) is 0 Å². The molecule has 0 radical (unpaired) electrons. The van der Waals surface area contributed by atoms with Crippen LogP contribution in [0.2, 0.25) is 5.02 Å². The van der Waals surface area contributed by atoms with Crippen molar-refractivity contribution in [1.82, 2.24) is 9.80 Å². The smallest absolute Gasteiger partial charge is 0.256 e. The Hall–Kier alpha value is -1.62. The second-order valence-electron chi connectivity index (χ2n) is 5.52. The molecule has 6 heteroatoms. The first-order valence-corrected chi connectivity index (χ1v) is 7.47. The van der Waals surface area contributed by atoms with Crippen molar-refractivity contribution in [2.75, 3.05) is 26.2 Å². The second kappa shape index (κ2) is 5.64. The third-order valence-corrected chi connectivity index (χ3v) is 4.20. The highest BCUT2D eigenvalue weighted by Crippen LogP contribution is 2.31. The summed E-state index contributed by atoms with van der Waals surface area (Å²) >= 11 is 5.69. The minimum Gasteiger partial charge on any atom is -0.339 e. The Bertz CT molecular complexity index is 581. The first kappa shape index (κ1) is 14.3. The molecular formula is C15H16ClFN2O2. The van der Waals surface area contributed by atoms with Gasteiger partial charge in [-0.3, -0.25) is 9.59 Å². The van der Waals surface area contributed by atoms with Crippen molar-refractivity contribution in [2.24, 2.45) is 5.92 Å². The van der Waals surface area contributed by atoms with E-state index in [0.717, 1.165) is 18.9 Å². The maximum absolute atomic E-state index is 13.8.